The molecule has 1 aromatic carbocycles. The number of urea groups is 1. The van der Waals surface area contributed by atoms with Gasteiger partial charge in [-0.3, -0.25) is 4.98 Å². The number of aromatic nitrogens is 1. The minimum Gasteiger partial charge on any atom is -0.317 e. The number of nitrogens with one attached hydrogen (secondary N) is 1. The third kappa shape index (κ3) is 3.42. The molecule has 4 nitrogen and oxygen atoms in total. The molecular weight excluding hydrogens is 298 g/mol. The minimum absolute atomic E-state index is 0.00253. The zero-order valence-corrected chi connectivity index (χ0v) is 14.5. The molecule has 4 heteroatoms. The molecule has 1 N–H and O–H groups in total. The summed E-state index contributed by atoms with van der Waals surface area (Å²) in [5.41, 5.74) is 4.53. The number of amides is 2. The molecule has 1 aromatic heterocycles. The summed E-state index contributed by atoms with van der Waals surface area (Å²) in [6, 6.07) is 10.5. The summed E-state index contributed by atoms with van der Waals surface area (Å²) < 4.78 is 0. The van der Waals surface area contributed by atoms with Crippen LogP contribution < -0.4 is 5.32 Å². The average Bonchev–Trinajstić information content (AvgIpc) is 3.12. The minimum atomic E-state index is -0.00253. The van der Waals surface area contributed by atoms with Gasteiger partial charge in [-0.2, -0.15) is 0 Å². The first-order valence-corrected chi connectivity index (χ1v) is 8.82. The van der Waals surface area contributed by atoms with E-state index in [4.69, 9.17) is 0 Å². The standard InChI is InChI=1S/C20H25N3O/c1-3-15-7-8-16(4-2)18(14-15)22-20(24)23-13-5-6-19(23)17-9-11-21-12-10-17/h7-12,14,19H,3-6,13H2,1-2H3,(H,22,24)/t19-/m0/s1. The van der Waals surface area contributed by atoms with Gasteiger partial charge in [0.25, 0.3) is 0 Å². The van der Waals surface area contributed by atoms with Crippen molar-refractivity contribution in [3.8, 4) is 0 Å². The van der Waals surface area contributed by atoms with Crippen LogP contribution in [0.5, 0.6) is 0 Å². The van der Waals surface area contributed by atoms with Crippen molar-refractivity contribution in [3.63, 3.8) is 0 Å². The van der Waals surface area contributed by atoms with E-state index in [1.54, 1.807) is 12.4 Å². The van der Waals surface area contributed by atoms with Crippen molar-refractivity contribution in [2.75, 3.05) is 11.9 Å². The molecule has 24 heavy (non-hydrogen) atoms. The largest absolute Gasteiger partial charge is 0.322 e. The van der Waals surface area contributed by atoms with Crippen molar-refractivity contribution in [1.29, 1.82) is 0 Å². The second-order valence-electron chi connectivity index (χ2n) is 6.26. The Balaban J connectivity index is 1.79. The van der Waals surface area contributed by atoms with E-state index in [0.29, 0.717) is 0 Å². The zero-order valence-electron chi connectivity index (χ0n) is 14.5. The molecule has 0 unspecified atom stereocenters. The molecule has 0 bridgehead atoms. The molecule has 0 saturated carbocycles. The Kier molecular flexibility index (Phi) is 5.14. The van der Waals surface area contributed by atoms with E-state index in [1.807, 2.05) is 17.0 Å². The highest BCUT2D eigenvalue weighted by atomic mass is 16.2. The number of carbonyl (C=O) groups is 1. The molecule has 1 aliphatic heterocycles. The molecule has 0 spiro atoms. The Labute approximate surface area is 143 Å². The molecule has 0 aliphatic carbocycles. The third-order valence-corrected chi connectivity index (χ3v) is 4.81. The van der Waals surface area contributed by atoms with Crippen molar-refractivity contribution >= 4 is 11.7 Å². The number of rotatable bonds is 4. The summed E-state index contributed by atoms with van der Waals surface area (Å²) in [6.07, 6.45) is 7.51. The van der Waals surface area contributed by atoms with Crippen molar-refractivity contribution in [1.82, 2.24) is 9.88 Å². The van der Waals surface area contributed by atoms with Crippen LogP contribution in [-0.4, -0.2) is 22.5 Å². The quantitative estimate of drug-likeness (QED) is 0.895. The van der Waals surface area contributed by atoms with Gasteiger partial charge >= 0.3 is 6.03 Å². The summed E-state index contributed by atoms with van der Waals surface area (Å²) in [5.74, 6) is 0. The van der Waals surface area contributed by atoms with Gasteiger partial charge in [0.2, 0.25) is 0 Å². The SMILES string of the molecule is CCc1ccc(CC)c(NC(=O)N2CCC[C@H]2c2ccncc2)c1. The number of anilines is 1. The first kappa shape index (κ1) is 16.5. The Bertz CT molecular complexity index is 699. The van der Waals surface area contributed by atoms with Gasteiger partial charge in [0.1, 0.15) is 0 Å². The molecule has 1 aliphatic rings. The molecule has 2 heterocycles. The normalized spacial score (nSPS) is 17.1. The van der Waals surface area contributed by atoms with Gasteiger partial charge in [-0.25, -0.2) is 4.79 Å². The lowest BCUT2D eigenvalue weighted by Gasteiger charge is -2.26. The van der Waals surface area contributed by atoms with Crippen molar-refractivity contribution < 1.29 is 4.79 Å². The number of pyridine rings is 1. The van der Waals surface area contributed by atoms with Gasteiger partial charge in [0, 0.05) is 24.6 Å². The highest BCUT2D eigenvalue weighted by molar-refractivity contribution is 5.90. The van der Waals surface area contributed by atoms with E-state index in [-0.39, 0.29) is 12.1 Å². The topological polar surface area (TPSA) is 45.2 Å². The van der Waals surface area contributed by atoms with Crippen LogP contribution in [0.4, 0.5) is 10.5 Å². The van der Waals surface area contributed by atoms with Crippen LogP contribution in [0, 0.1) is 0 Å². The summed E-state index contributed by atoms with van der Waals surface area (Å²) >= 11 is 0. The number of carbonyl (C=O) groups excluding carboxylic acids is 1. The van der Waals surface area contributed by atoms with E-state index in [0.717, 1.165) is 43.5 Å². The van der Waals surface area contributed by atoms with Crippen LogP contribution in [-0.2, 0) is 12.8 Å². The van der Waals surface area contributed by atoms with Crippen LogP contribution in [0.2, 0.25) is 0 Å². The fourth-order valence-electron chi connectivity index (χ4n) is 3.40. The summed E-state index contributed by atoms with van der Waals surface area (Å²) in [5, 5.41) is 3.15. The maximum atomic E-state index is 12.9. The maximum absolute atomic E-state index is 12.9. The number of hydrogen-bond donors (Lipinski definition) is 1. The van der Waals surface area contributed by atoms with Gasteiger partial charge in [0.05, 0.1) is 6.04 Å². The predicted molar refractivity (Wildman–Crippen MR) is 97.1 cm³/mol. The predicted octanol–water partition coefficient (Wildman–Crippen LogP) is 4.58. The Morgan fingerprint density at radius 3 is 2.71 bits per heavy atom. The van der Waals surface area contributed by atoms with Crippen molar-refractivity contribution in [2.45, 2.75) is 45.6 Å². The lowest BCUT2D eigenvalue weighted by atomic mass is 10.1. The number of benzene rings is 1. The second kappa shape index (κ2) is 7.47. The van der Waals surface area contributed by atoms with E-state index in [9.17, 15) is 4.79 Å². The van der Waals surface area contributed by atoms with Crippen molar-refractivity contribution in [3.05, 3.63) is 59.4 Å². The molecule has 0 radical (unpaired) electrons. The van der Waals surface area contributed by atoms with Crippen LogP contribution in [0.15, 0.2) is 42.7 Å². The van der Waals surface area contributed by atoms with Gasteiger partial charge in [0.15, 0.2) is 0 Å². The highest BCUT2D eigenvalue weighted by Crippen LogP contribution is 2.32. The van der Waals surface area contributed by atoms with E-state index in [2.05, 4.69) is 42.3 Å². The number of nitrogens with zero attached hydrogens (tertiary/aromatic N) is 2. The van der Waals surface area contributed by atoms with Crippen molar-refractivity contribution in [2.24, 2.45) is 0 Å². The molecule has 2 aromatic rings. The molecule has 1 fully saturated rings. The van der Waals surface area contributed by atoms with E-state index in [1.165, 1.54) is 11.1 Å². The van der Waals surface area contributed by atoms with E-state index >= 15 is 0 Å². The van der Waals surface area contributed by atoms with Gasteiger partial charge in [-0.1, -0.05) is 26.0 Å². The molecular formula is C20H25N3O. The first-order valence-electron chi connectivity index (χ1n) is 8.82. The third-order valence-electron chi connectivity index (χ3n) is 4.81. The summed E-state index contributed by atoms with van der Waals surface area (Å²) in [7, 11) is 0. The summed E-state index contributed by atoms with van der Waals surface area (Å²) in [6.45, 7) is 5.05. The smallest absolute Gasteiger partial charge is 0.317 e. The van der Waals surface area contributed by atoms with Gasteiger partial charge in [-0.15, -0.1) is 0 Å². The van der Waals surface area contributed by atoms with Crippen LogP contribution >= 0.6 is 0 Å². The van der Waals surface area contributed by atoms with Gasteiger partial charge < -0.3 is 10.2 Å². The molecule has 1 saturated heterocycles. The Hall–Kier alpha value is -2.36. The zero-order chi connectivity index (χ0) is 16.9. The molecule has 3 rings (SSSR count). The Morgan fingerprint density at radius 1 is 1.21 bits per heavy atom. The van der Waals surface area contributed by atoms with Crippen LogP contribution in [0.1, 0.15) is 49.4 Å². The highest BCUT2D eigenvalue weighted by Gasteiger charge is 2.30. The molecule has 126 valence electrons. The lowest BCUT2D eigenvalue weighted by molar-refractivity contribution is 0.207. The van der Waals surface area contributed by atoms with E-state index < -0.39 is 0 Å². The molecule has 2 amide bonds. The summed E-state index contributed by atoms with van der Waals surface area (Å²) in [4.78, 5) is 18.9. The first-order chi connectivity index (χ1) is 11.7. The Morgan fingerprint density at radius 2 is 2.00 bits per heavy atom. The monoisotopic (exact) mass is 323 g/mol. The van der Waals surface area contributed by atoms with Gasteiger partial charge in [-0.05, 0) is 60.6 Å². The lowest BCUT2D eigenvalue weighted by Crippen LogP contribution is -2.34. The van der Waals surface area contributed by atoms with Crippen LogP contribution in [0.25, 0.3) is 0 Å². The maximum Gasteiger partial charge on any atom is 0.322 e. The fraction of sp³-hybridized carbons (Fsp3) is 0.400. The molecule has 1 atom stereocenters. The number of hydrogen-bond acceptors (Lipinski definition) is 2. The fourth-order valence-corrected chi connectivity index (χ4v) is 3.40. The average molecular weight is 323 g/mol. The number of likely N-dealkylation sites (tertiary alicyclic amines) is 1. The van der Waals surface area contributed by atoms with Crippen LogP contribution in [0.3, 0.4) is 0 Å². The number of aryl methyl sites for hydroxylation is 2. The second-order valence-corrected chi connectivity index (χ2v) is 6.26.